The fourth-order valence-electron chi connectivity index (χ4n) is 3.54. The van der Waals surface area contributed by atoms with Gasteiger partial charge in [-0.3, -0.25) is 14.4 Å². The summed E-state index contributed by atoms with van der Waals surface area (Å²) in [5.74, 6) is -2.39. The topological polar surface area (TPSA) is 115 Å². The molecule has 1 aliphatic carbocycles. The van der Waals surface area contributed by atoms with Gasteiger partial charge in [0, 0.05) is 19.5 Å². The maximum absolute atomic E-state index is 12.3. The van der Waals surface area contributed by atoms with Crippen molar-refractivity contribution in [1.29, 1.82) is 0 Å². The van der Waals surface area contributed by atoms with E-state index in [1.54, 1.807) is 12.1 Å². The molecule has 0 bridgehead atoms. The van der Waals surface area contributed by atoms with Crippen LogP contribution < -0.4 is 0 Å². The number of fused-ring (bicyclic) bond motifs is 1. The first-order valence-electron chi connectivity index (χ1n) is 7.33. The van der Waals surface area contributed by atoms with Gasteiger partial charge in [-0.05, 0) is 30.5 Å². The molecule has 2 fully saturated rings. The van der Waals surface area contributed by atoms with Gasteiger partial charge in [-0.15, -0.1) is 0 Å². The summed E-state index contributed by atoms with van der Waals surface area (Å²) in [6.45, 7) is -0.0773. The second-order valence-electron chi connectivity index (χ2n) is 6.37. The maximum atomic E-state index is 12.3. The van der Waals surface area contributed by atoms with Gasteiger partial charge in [-0.25, -0.2) is 0 Å². The number of rotatable bonds is 5. The number of carbonyl (C=O) groups excluding carboxylic acids is 1. The van der Waals surface area contributed by atoms with E-state index in [2.05, 4.69) is 0 Å². The first kappa shape index (κ1) is 15.3. The number of aliphatic carboxylic acids is 2. The van der Waals surface area contributed by atoms with Gasteiger partial charge < -0.3 is 20.2 Å². The van der Waals surface area contributed by atoms with Gasteiger partial charge in [0.15, 0.2) is 0 Å². The highest BCUT2D eigenvalue weighted by Gasteiger charge is 2.81. The fraction of sp³-hybridized carbons (Fsp3) is 0.438. The quantitative estimate of drug-likeness (QED) is 0.736. The summed E-state index contributed by atoms with van der Waals surface area (Å²) in [6, 6.07) is 6.48. The Balaban J connectivity index is 1.65. The molecule has 2 atom stereocenters. The molecule has 1 aromatic carbocycles. The zero-order valence-corrected chi connectivity index (χ0v) is 12.4. The third kappa shape index (κ3) is 2.23. The lowest BCUT2D eigenvalue weighted by molar-refractivity contribution is -0.151. The van der Waals surface area contributed by atoms with Gasteiger partial charge in [0.1, 0.15) is 16.6 Å². The van der Waals surface area contributed by atoms with Gasteiger partial charge in [0.2, 0.25) is 5.91 Å². The van der Waals surface area contributed by atoms with Crippen LogP contribution in [0.15, 0.2) is 24.3 Å². The van der Waals surface area contributed by atoms with E-state index in [0.717, 1.165) is 5.56 Å². The Morgan fingerprint density at radius 3 is 2.00 bits per heavy atom. The molecule has 1 saturated heterocycles. The van der Waals surface area contributed by atoms with E-state index < -0.39 is 22.8 Å². The predicted octanol–water partition coefficient (Wildman–Crippen LogP) is 0.713. The fourth-order valence-corrected chi connectivity index (χ4v) is 3.54. The lowest BCUT2D eigenvalue weighted by atomic mass is 9.97. The molecule has 1 aliphatic heterocycles. The Morgan fingerprint density at radius 1 is 1.00 bits per heavy atom. The van der Waals surface area contributed by atoms with Crippen LogP contribution in [0.1, 0.15) is 18.4 Å². The molecule has 1 aromatic rings. The van der Waals surface area contributed by atoms with E-state index >= 15 is 0 Å². The first-order chi connectivity index (χ1) is 10.8. The van der Waals surface area contributed by atoms with Crippen molar-refractivity contribution in [2.75, 3.05) is 13.1 Å². The first-order valence-corrected chi connectivity index (χ1v) is 7.33. The average molecular weight is 319 g/mol. The predicted molar refractivity (Wildman–Crippen MR) is 77.8 cm³/mol. The van der Waals surface area contributed by atoms with Crippen molar-refractivity contribution in [2.45, 2.75) is 19.3 Å². The van der Waals surface area contributed by atoms with Crippen molar-refractivity contribution in [1.82, 2.24) is 4.90 Å². The number of benzene rings is 1. The number of phenolic OH excluding ortho intramolecular Hbond substituents is 1. The molecular formula is C16H17NO6. The SMILES string of the molecule is O=C(CCc1ccc(O)cc1)N1C[C@@]2(C(=O)O)C[C@@]2(C(=O)O)C1. The number of phenols is 1. The molecule has 1 saturated carbocycles. The molecule has 7 heteroatoms. The third-order valence-electron chi connectivity index (χ3n) is 5.05. The van der Waals surface area contributed by atoms with Crippen molar-refractivity contribution in [3.63, 3.8) is 0 Å². The van der Waals surface area contributed by atoms with E-state index in [4.69, 9.17) is 0 Å². The zero-order chi connectivity index (χ0) is 16.8. The molecule has 3 rings (SSSR count). The van der Waals surface area contributed by atoms with Crippen molar-refractivity contribution >= 4 is 17.8 Å². The summed E-state index contributed by atoms with van der Waals surface area (Å²) in [5.41, 5.74) is -1.78. The van der Waals surface area contributed by atoms with Crippen LogP contribution in [0.4, 0.5) is 0 Å². The van der Waals surface area contributed by atoms with Gasteiger partial charge in [-0.1, -0.05) is 12.1 Å². The Bertz CT molecular complexity index is 656. The minimum atomic E-state index is -1.33. The molecule has 1 amide bonds. The number of carboxylic acids is 2. The van der Waals surface area contributed by atoms with Crippen LogP contribution in [0.2, 0.25) is 0 Å². The highest BCUT2D eigenvalue weighted by Crippen LogP contribution is 2.68. The molecule has 0 unspecified atom stereocenters. The van der Waals surface area contributed by atoms with Crippen LogP contribution in [0.5, 0.6) is 5.75 Å². The number of hydrogen-bond donors (Lipinski definition) is 3. The highest BCUT2D eigenvalue weighted by atomic mass is 16.4. The molecule has 122 valence electrons. The summed E-state index contributed by atoms with van der Waals surface area (Å²) in [7, 11) is 0. The standard InChI is InChI=1S/C16H17NO6/c18-11-4-1-10(2-5-11)3-6-12(19)17-8-15(13(20)21)7-16(15,9-17)14(22)23/h1-2,4-5,18H,3,6-9H2,(H,20,21)(H,22,23)/t15-,16+. The number of piperidine rings is 1. The Morgan fingerprint density at radius 2 is 1.52 bits per heavy atom. The van der Waals surface area contributed by atoms with E-state index in [1.165, 1.54) is 17.0 Å². The van der Waals surface area contributed by atoms with Crippen molar-refractivity contribution < 1.29 is 29.7 Å². The molecule has 1 heterocycles. The number of amides is 1. The Kier molecular flexibility index (Phi) is 3.31. The molecule has 0 spiro atoms. The van der Waals surface area contributed by atoms with Gasteiger partial charge in [0.25, 0.3) is 0 Å². The number of likely N-dealkylation sites (tertiary alicyclic amines) is 1. The molecule has 23 heavy (non-hydrogen) atoms. The number of hydrogen-bond acceptors (Lipinski definition) is 4. The van der Waals surface area contributed by atoms with Gasteiger partial charge in [-0.2, -0.15) is 0 Å². The molecule has 3 N–H and O–H groups in total. The lowest BCUT2D eigenvalue weighted by Crippen LogP contribution is -2.34. The second kappa shape index (κ2) is 4.97. The third-order valence-corrected chi connectivity index (χ3v) is 5.05. The molecular weight excluding hydrogens is 302 g/mol. The number of carbonyl (C=O) groups is 3. The number of carboxylic acid groups (broad SMARTS) is 2. The van der Waals surface area contributed by atoms with Crippen LogP contribution in [0, 0.1) is 10.8 Å². The van der Waals surface area contributed by atoms with Crippen molar-refractivity contribution in [3.05, 3.63) is 29.8 Å². The van der Waals surface area contributed by atoms with Gasteiger partial charge >= 0.3 is 11.9 Å². The van der Waals surface area contributed by atoms with Crippen LogP contribution in [0.25, 0.3) is 0 Å². The van der Waals surface area contributed by atoms with Crippen LogP contribution in [0.3, 0.4) is 0 Å². The summed E-state index contributed by atoms with van der Waals surface area (Å²) in [5, 5.41) is 27.9. The second-order valence-corrected chi connectivity index (χ2v) is 6.37. The molecule has 0 radical (unpaired) electrons. The number of aromatic hydroxyl groups is 1. The smallest absolute Gasteiger partial charge is 0.312 e. The molecule has 7 nitrogen and oxygen atoms in total. The number of aryl methyl sites for hydroxylation is 1. The van der Waals surface area contributed by atoms with E-state index in [9.17, 15) is 29.7 Å². The monoisotopic (exact) mass is 319 g/mol. The van der Waals surface area contributed by atoms with E-state index in [-0.39, 0.29) is 37.6 Å². The van der Waals surface area contributed by atoms with E-state index in [1.807, 2.05) is 0 Å². The minimum absolute atomic E-state index is 0.0386. The summed E-state index contributed by atoms with van der Waals surface area (Å²) in [6.07, 6.45) is 0.721. The Hall–Kier alpha value is -2.57. The minimum Gasteiger partial charge on any atom is -0.508 e. The summed E-state index contributed by atoms with van der Waals surface area (Å²) < 4.78 is 0. The van der Waals surface area contributed by atoms with Gasteiger partial charge in [0.05, 0.1) is 0 Å². The van der Waals surface area contributed by atoms with Crippen molar-refractivity contribution in [2.24, 2.45) is 10.8 Å². The van der Waals surface area contributed by atoms with E-state index in [0.29, 0.717) is 6.42 Å². The maximum Gasteiger partial charge on any atom is 0.312 e. The summed E-state index contributed by atoms with van der Waals surface area (Å²) in [4.78, 5) is 36.5. The lowest BCUT2D eigenvalue weighted by Gasteiger charge is -2.20. The largest absolute Gasteiger partial charge is 0.508 e. The van der Waals surface area contributed by atoms with Crippen LogP contribution in [-0.2, 0) is 20.8 Å². The van der Waals surface area contributed by atoms with Crippen LogP contribution >= 0.6 is 0 Å². The summed E-state index contributed by atoms with van der Waals surface area (Å²) >= 11 is 0. The average Bonchev–Trinajstić information content (AvgIpc) is 3.05. The zero-order valence-electron chi connectivity index (χ0n) is 12.4. The number of nitrogens with zero attached hydrogens (tertiary/aromatic N) is 1. The normalized spacial score (nSPS) is 28.3. The Labute approximate surface area is 132 Å². The highest BCUT2D eigenvalue weighted by molar-refractivity contribution is 5.96. The molecule has 2 aliphatic rings. The molecule has 0 aromatic heterocycles. The van der Waals surface area contributed by atoms with Crippen molar-refractivity contribution in [3.8, 4) is 5.75 Å². The van der Waals surface area contributed by atoms with Crippen LogP contribution in [-0.4, -0.2) is 51.2 Å².